The molecule has 1 aromatic rings. The molecule has 0 aliphatic carbocycles. The van der Waals surface area contributed by atoms with E-state index < -0.39 is 24.1 Å². The van der Waals surface area contributed by atoms with Crippen molar-refractivity contribution in [3.05, 3.63) is 23.8 Å². The van der Waals surface area contributed by atoms with Gasteiger partial charge in [0, 0.05) is 32.4 Å². The highest BCUT2D eigenvalue weighted by Gasteiger charge is 2.10. The lowest BCUT2D eigenvalue weighted by Gasteiger charge is -2.09. The van der Waals surface area contributed by atoms with Gasteiger partial charge in [0.2, 0.25) is 0 Å². The molecule has 106 valence electrons. The molecule has 0 bridgehead atoms. The van der Waals surface area contributed by atoms with Crippen molar-refractivity contribution >= 4 is 11.6 Å². The number of carbonyl (C=O) groups excluding carboxylic acids is 1. The number of ether oxygens (including phenoxy) is 2. The van der Waals surface area contributed by atoms with E-state index >= 15 is 0 Å². The SMILES string of the molecule is COCCCNC(=O)COc1cc(F)c(N)cc1F. The van der Waals surface area contributed by atoms with Crippen LogP contribution in [-0.2, 0) is 9.53 Å². The number of methoxy groups -OCH3 is 1. The standard InChI is InChI=1S/C12H16F2N2O3/c1-18-4-2-3-16-12(17)7-19-11-6-8(13)10(15)5-9(11)14/h5-6H,2-4,7,15H2,1H3,(H,16,17). The summed E-state index contributed by atoms with van der Waals surface area (Å²) < 4.78 is 36.1. The second-order valence-corrected chi connectivity index (χ2v) is 3.79. The number of halogens is 2. The largest absolute Gasteiger partial charge is 0.481 e. The first kappa shape index (κ1) is 15.2. The number of rotatable bonds is 7. The van der Waals surface area contributed by atoms with Crippen LogP contribution in [0, 0.1) is 11.6 Å². The van der Waals surface area contributed by atoms with Gasteiger partial charge in [0.25, 0.3) is 5.91 Å². The zero-order chi connectivity index (χ0) is 14.3. The van der Waals surface area contributed by atoms with Gasteiger partial charge in [0.15, 0.2) is 18.2 Å². The maximum absolute atomic E-state index is 13.3. The molecule has 1 aromatic carbocycles. The maximum atomic E-state index is 13.3. The molecule has 0 saturated heterocycles. The lowest BCUT2D eigenvalue weighted by atomic mass is 10.3. The fourth-order valence-corrected chi connectivity index (χ4v) is 1.29. The Hall–Kier alpha value is -1.89. The average Bonchev–Trinajstić information content (AvgIpc) is 2.37. The van der Waals surface area contributed by atoms with Gasteiger partial charge in [0.05, 0.1) is 5.69 Å². The van der Waals surface area contributed by atoms with Gasteiger partial charge >= 0.3 is 0 Å². The molecule has 0 fully saturated rings. The van der Waals surface area contributed by atoms with E-state index in [1.807, 2.05) is 0 Å². The van der Waals surface area contributed by atoms with Gasteiger partial charge < -0.3 is 20.5 Å². The van der Waals surface area contributed by atoms with Crippen LogP contribution in [0.3, 0.4) is 0 Å². The topological polar surface area (TPSA) is 73.6 Å². The van der Waals surface area contributed by atoms with Gasteiger partial charge in [-0.05, 0) is 6.42 Å². The number of hydrogen-bond donors (Lipinski definition) is 2. The fraction of sp³-hybridized carbons (Fsp3) is 0.417. The minimum absolute atomic E-state index is 0.311. The van der Waals surface area contributed by atoms with Crippen LogP contribution >= 0.6 is 0 Å². The fourth-order valence-electron chi connectivity index (χ4n) is 1.29. The average molecular weight is 274 g/mol. The highest BCUT2D eigenvalue weighted by molar-refractivity contribution is 5.77. The predicted molar refractivity (Wildman–Crippen MR) is 65.8 cm³/mol. The quantitative estimate of drug-likeness (QED) is 0.576. The molecule has 0 spiro atoms. The van der Waals surface area contributed by atoms with Crippen molar-refractivity contribution in [2.45, 2.75) is 6.42 Å². The molecule has 0 aromatic heterocycles. The first-order valence-corrected chi connectivity index (χ1v) is 5.67. The van der Waals surface area contributed by atoms with Crippen molar-refractivity contribution in [3.8, 4) is 5.75 Å². The molecule has 0 radical (unpaired) electrons. The van der Waals surface area contributed by atoms with Gasteiger partial charge in [-0.3, -0.25) is 4.79 Å². The van der Waals surface area contributed by atoms with Crippen molar-refractivity contribution in [2.75, 3.05) is 32.6 Å². The van der Waals surface area contributed by atoms with E-state index in [1.54, 1.807) is 7.11 Å². The Morgan fingerprint density at radius 2 is 2.11 bits per heavy atom. The summed E-state index contributed by atoms with van der Waals surface area (Å²) in [7, 11) is 1.56. The number of hydrogen-bond acceptors (Lipinski definition) is 4. The third-order valence-corrected chi connectivity index (χ3v) is 2.26. The number of nitrogens with one attached hydrogen (secondary N) is 1. The molecule has 1 amide bonds. The van der Waals surface area contributed by atoms with Crippen molar-refractivity contribution in [1.29, 1.82) is 0 Å². The number of anilines is 1. The second-order valence-electron chi connectivity index (χ2n) is 3.79. The molecular formula is C12H16F2N2O3. The Labute approximate surface area is 109 Å². The Morgan fingerprint density at radius 1 is 1.37 bits per heavy atom. The molecular weight excluding hydrogens is 258 g/mol. The molecule has 0 aliphatic rings. The number of amides is 1. The van der Waals surface area contributed by atoms with E-state index in [0.29, 0.717) is 19.6 Å². The van der Waals surface area contributed by atoms with E-state index in [1.165, 1.54) is 0 Å². The zero-order valence-electron chi connectivity index (χ0n) is 10.5. The van der Waals surface area contributed by atoms with E-state index in [0.717, 1.165) is 12.1 Å². The zero-order valence-corrected chi connectivity index (χ0v) is 10.5. The molecule has 7 heteroatoms. The summed E-state index contributed by atoms with van der Waals surface area (Å²) in [6.45, 7) is 0.556. The van der Waals surface area contributed by atoms with Crippen LogP contribution in [0.4, 0.5) is 14.5 Å². The Morgan fingerprint density at radius 3 is 2.79 bits per heavy atom. The Kier molecular flexibility index (Phi) is 6.01. The lowest BCUT2D eigenvalue weighted by Crippen LogP contribution is -2.30. The van der Waals surface area contributed by atoms with E-state index in [4.69, 9.17) is 15.2 Å². The summed E-state index contributed by atoms with van der Waals surface area (Å²) in [5.41, 5.74) is 4.87. The summed E-state index contributed by atoms with van der Waals surface area (Å²) in [5, 5.41) is 2.55. The number of benzene rings is 1. The molecule has 0 unspecified atom stereocenters. The van der Waals surface area contributed by atoms with Crippen LogP contribution < -0.4 is 15.8 Å². The molecule has 5 nitrogen and oxygen atoms in total. The Balaban J connectivity index is 2.40. The Bertz CT molecular complexity index is 441. The predicted octanol–water partition coefficient (Wildman–Crippen LogP) is 1.08. The first-order chi connectivity index (χ1) is 9.04. The minimum atomic E-state index is -0.814. The van der Waals surface area contributed by atoms with Crippen LogP contribution in [0.5, 0.6) is 5.75 Å². The van der Waals surface area contributed by atoms with Crippen LogP contribution in [0.25, 0.3) is 0 Å². The third-order valence-electron chi connectivity index (χ3n) is 2.26. The molecule has 0 saturated carbocycles. The maximum Gasteiger partial charge on any atom is 0.257 e. The van der Waals surface area contributed by atoms with Gasteiger partial charge in [-0.2, -0.15) is 0 Å². The summed E-state index contributed by atoms with van der Waals surface area (Å²) in [4.78, 5) is 11.3. The van der Waals surface area contributed by atoms with E-state index in [-0.39, 0.29) is 11.4 Å². The van der Waals surface area contributed by atoms with E-state index in [9.17, 15) is 13.6 Å². The van der Waals surface area contributed by atoms with Gasteiger partial charge in [-0.1, -0.05) is 0 Å². The smallest absolute Gasteiger partial charge is 0.257 e. The minimum Gasteiger partial charge on any atom is -0.481 e. The van der Waals surface area contributed by atoms with Crippen LogP contribution in [-0.4, -0.2) is 32.8 Å². The van der Waals surface area contributed by atoms with Crippen LogP contribution in [0.15, 0.2) is 12.1 Å². The summed E-state index contributed by atoms with van der Waals surface area (Å²) in [6.07, 6.45) is 0.660. The lowest BCUT2D eigenvalue weighted by molar-refractivity contribution is -0.123. The monoisotopic (exact) mass is 274 g/mol. The highest BCUT2D eigenvalue weighted by Crippen LogP contribution is 2.22. The molecule has 0 heterocycles. The molecule has 0 aliphatic heterocycles. The number of nitrogens with two attached hydrogens (primary N) is 1. The number of carbonyl (C=O) groups is 1. The summed E-state index contributed by atoms with van der Waals surface area (Å²) in [5.74, 6) is -2.38. The van der Waals surface area contributed by atoms with Crippen molar-refractivity contribution in [1.82, 2.24) is 5.32 Å². The van der Waals surface area contributed by atoms with Gasteiger partial charge in [-0.15, -0.1) is 0 Å². The molecule has 3 N–H and O–H groups in total. The third kappa shape index (κ3) is 5.09. The van der Waals surface area contributed by atoms with Crippen LogP contribution in [0.2, 0.25) is 0 Å². The molecule has 0 atom stereocenters. The van der Waals surface area contributed by atoms with Gasteiger partial charge in [0.1, 0.15) is 5.82 Å². The van der Waals surface area contributed by atoms with Crippen molar-refractivity contribution in [3.63, 3.8) is 0 Å². The van der Waals surface area contributed by atoms with Crippen molar-refractivity contribution < 1.29 is 23.0 Å². The van der Waals surface area contributed by atoms with Gasteiger partial charge in [-0.25, -0.2) is 8.78 Å². The normalized spacial score (nSPS) is 10.3. The number of nitrogen functional groups attached to an aromatic ring is 1. The molecule has 1 rings (SSSR count). The summed E-state index contributed by atoms with van der Waals surface area (Å²) >= 11 is 0. The van der Waals surface area contributed by atoms with Crippen molar-refractivity contribution in [2.24, 2.45) is 0 Å². The molecule has 19 heavy (non-hydrogen) atoms. The van der Waals surface area contributed by atoms with E-state index in [2.05, 4.69) is 5.32 Å². The first-order valence-electron chi connectivity index (χ1n) is 5.67. The highest BCUT2D eigenvalue weighted by atomic mass is 19.1. The second kappa shape index (κ2) is 7.52. The summed E-state index contributed by atoms with van der Waals surface area (Å²) in [6, 6.07) is 1.62. The van der Waals surface area contributed by atoms with Crippen LogP contribution in [0.1, 0.15) is 6.42 Å².